The van der Waals surface area contributed by atoms with Crippen LogP contribution >= 0.6 is 0 Å². The second kappa shape index (κ2) is 7.90. The molecular weight excluding hydrogens is 494 g/mol. The molecule has 0 atom stereocenters. The predicted octanol–water partition coefficient (Wildman–Crippen LogP) is 4.21. The third-order valence-electron chi connectivity index (χ3n) is 5.86. The Kier molecular flexibility index (Phi) is 5.16. The molecule has 1 aliphatic rings. The molecule has 0 radical (unpaired) electrons. The molecule has 186 valence electrons. The van der Waals surface area contributed by atoms with Gasteiger partial charge in [-0.3, -0.25) is 9.59 Å². The molecule has 4 aromatic rings. The van der Waals surface area contributed by atoms with E-state index in [1.807, 2.05) is 0 Å². The molecule has 3 aromatic heterocycles. The number of nitrogens with zero attached hydrogens (tertiary/aromatic N) is 3. The fourth-order valence-corrected chi connectivity index (χ4v) is 3.91. The number of aromatic nitrogens is 5. The van der Waals surface area contributed by atoms with E-state index < -0.39 is 45.8 Å². The van der Waals surface area contributed by atoms with Gasteiger partial charge < -0.3 is 10.3 Å². The largest absolute Gasteiger partial charge is 0.423 e. The summed E-state index contributed by atoms with van der Waals surface area (Å²) in [4.78, 5) is 34.7. The van der Waals surface area contributed by atoms with Crippen molar-refractivity contribution in [2.45, 2.75) is 30.7 Å². The number of hydrogen-bond acceptors (Lipinski definition) is 6. The van der Waals surface area contributed by atoms with Gasteiger partial charge in [-0.05, 0) is 36.4 Å². The van der Waals surface area contributed by atoms with E-state index in [4.69, 9.17) is 0 Å². The van der Waals surface area contributed by atoms with Crippen molar-refractivity contribution >= 4 is 16.5 Å². The third-order valence-corrected chi connectivity index (χ3v) is 5.86. The summed E-state index contributed by atoms with van der Waals surface area (Å²) in [7, 11) is 0. The van der Waals surface area contributed by atoms with Gasteiger partial charge in [0.15, 0.2) is 5.82 Å². The molecule has 0 unspecified atom stereocenters. The molecule has 36 heavy (non-hydrogen) atoms. The van der Waals surface area contributed by atoms with E-state index in [2.05, 4.69) is 25.4 Å². The molecule has 3 heterocycles. The lowest BCUT2D eigenvalue weighted by Gasteiger charge is -2.21. The topological polar surface area (TPSA) is 116 Å². The average Bonchev–Trinajstić information content (AvgIpc) is 3.58. The summed E-state index contributed by atoms with van der Waals surface area (Å²) in [5, 5.41) is 8.55. The zero-order valence-corrected chi connectivity index (χ0v) is 17.9. The molecule has 1 aliphatic carbocycles. The first kappa shape index (κ1) is 23.5. The predicted molar refractivity (Wildman–Crippen MR) is 115 cm³/mol. The molecule has 1 fully saturated rings. The van der Waals surface area contributed by atoms with Gasteiger partial charge in [0.2, 0.25) is 0 Å². The first-order valence-electron chi connectivity index (χ1n) is 10.4. The van der Waals surface area contributed by atoms with E-state index in [9.17, 15) is 35.9 Å². The van der Waals surface area contributed by atoms with Crippen LogP contribution in [0.15, 0.2) is 52.4 Å². The molecule has 5 rings (SSSR count). The van der Waals surface area contributed by atoms with Crippen molar-refractivity contribution in [2.75, 3.05) is 5.32 Å². The Hall–Kier alpha value is -4.23. The summed E-state index contributed by atoms with van der Waals surface area (Å²) in [5.74, 6) is -0.00426. The molecule has 0 spiro atoms. The lowest BCUT2D eigenvalue weighted by Crippen LogP contribution is -2.29. The Labute approximate surface area is 196 Å². The summed E-state index contributed by atoms with van der Waals surface area (Å²) in [6, 6.07) is 5.98. The second-order valence-electron chi connectivity index (χ2n) is 8.30. The first-order valence-corrected chi connectivity index (χ1v) is 10.4. The number of pyridine rings is 1. The minimum Gasteiger partial charge on any atom is -0.372 e. The van der Waals surface area contributed by atoms with Gasteiger partial charge in [-0.1, -0.05) is 6.07 Å². The van der Waals surface area contributed by atoms with E-state index in [0.717, 1.165) is 6.20 Å². The van der Waals surface area contributed by atoms with Crippen molar-refractivity contribution < 1.29 is 26.3 Å². The summed E-state index contributed by atoms with van der Waals surface area (Å²) in [6.45, 7) is 0. The minimum absolute atomic E-state index is 0.00426. The minimum atomic E-state index is -4.94. The number of hydrogen-bond donors (Lipinski definition) is 3. The zero-order chi connectivity index (χ0) is 25.9. The molecule has 0 amide bonds. The zero-order valence-electron chi connectivity index (χ0n) is 17.9. The van der Waals surface area contributed by atoms with Crippen LogP contribution < -0.4 is 16.4 Å². The van der Waals surface area contributed by atoms with Gasteiger partial charge in [0, 0.05) is 29.0 Å². The van der Waals surface area contributed by atoms with Gasteiger partial charge in [0.1, 0.15) is 5.56 Å². The SMILES string of the molecule is O=c1[nH]ncc(NC2(c3cc4cc(-c5ncc(C(F)(F)F)cn5)ccc4c(=O)[nH]3)CC2)c1C(F)(F)F. The number of benzene rings is 1. The van der Waals surface area contributed by atoms with Crippen molar-refractivity contribution in [1.29, 1.82) is 0 Å². The van der Waals surface area contributed by atoms with E-state index in [-0.39, 0.29) is 16.9 Å². The van der Waals surface area contributed by atoms with Crippen LogP contribution in [0.1, 0.15) is 29.7 Å². The van der Waals surface area contributed by atoms with Crippen molar-refractivity contribution in [3.05, 3.63) is 80.4 Å². The summed E-state index contributed by atoms with van der Waals surface area (Å²) in [5.41, 5.74) is -5.37. The Morgan fingerprint density at radius 3 is 2.19 bits per heavy atom. The number of fused-ring (bicyclic) bond motifs is 1. The molecular formula is C22H14F6N6O2. The lowest BCUT2D eigenvalue weighted by atomic mass is 10.0. The van der Waals surface area contributed by atoms with Crippen molar-refractivity contribution in [3.63, 3.8) is 0 Å². The smallest absolute Gasteiger partial charge is 0.372 e. The van der Waals surface area contributed by atoms with Crippen LogP contribution in [-0.2, 0) is 17.9 Å². The third kappa shape index (κ3) is 4.18. The van der Waals surface area contributed by atoms with Gasteiger partial charge in [0.05, 0.1) is 23.0 Å². The first-order chi connectivity index (χ1) is 16.9. The van der Waals surface area contributed by atoms with E-state index >= 15 is 0 Å². The van der Waals surface area contributed by atoms with Gasteiger partial charge >= 0.3 is 12.4 Å². The maximum absolute atomic E-state index is 13.5. The van der Waals surface area contributed by atoms with Gasteiger partial charge in [0.25, 0.3) is 11.1 Å². The fraction of sp³-hybridized carbons (Fsp3) is 0.227. The standard InChI is InChI=1S/C22H14F6N6O2/c23-21(24,25)12-7-29-17(30-8-12)10-1-2-13-11(5-10)6-15(32-18(13)35)20(3-4-20)33-14-9-31-34-19(36)16(14)22(26,27)28/h1-2,5-9H,3-4H2,(H,32,35)(H2,33,34,36). The number of halogens is 6. The maximum Gasteiger partial charge on any atom is 0.423 e. The highest BCUT2D eigenvalue weighted by molar-refractivity contribution is 5.86. The number of anilines is 1. The van der Waals surface area contributed by atoms with Crippen LogP contribution in [0.4, 0.5) is 32.0 Å². The molecule has 1 saturated carbocycles. The molecule has 0 saturated heterocycles. The fourth-order valence-electron chi connectivity index (χ4n) is 3.91. The monoisotopic (exact) mass is 508 g/mol. The van der Waals surface area contributed by atoms with Crippen LogP contribution in [0.2, 0.25) is 0 Å². The van der Waals surface area contributed by atoms with Crippen LogP contribution in [0.5, 0.6) is 0 Å². The number of nitrogens with one attached hydrogen (secondary N) is 3. The van der Waals surface area contributed by atoms with Crippen molar-refractivity contribution in [3.8, 4) is 11.4 Å². The number of alkyl halides is 6. The van der Waals surface area contributed by atoms with Crippen molar-refractivity contribution in [2.24, 2.45) is 0 Å². The number of rotatable bonds is 4. The van der Waals surface area contributed by atoms with E-state index in [1.165, 1.54) is 18.2 Å². The molecule has 14 heteroatoms. The highest BCUT2D eigenvalue weighted by Crippen LogP contribution is 2.48. The summed E-state index contributed by atoms with van der Waals surface area (Å²) < 4.78 is 78.8. The molecule has 8 nitrogen and oxygen atoms in total. The normalized spacial score (nSPS) is 15.2. The maximum atomic E-state index is 13.5. The van der Waals surface area contributed by atoms with Crippen LogP contribution in [0, 0.1) is 0 Å². The van der Waals surface area contributed by atoms with Crippen LogP contribution in [0.3, 0.4) is 0 Å². The lowest BCUT2D eigenvalue weighted by molar-refractivity contribution is -0.139. The molecule has 0 bridgehead atoms. The van der Waals surface area contributed by atoms with E-state index in [0.29, 0.717) is 36.2 Å². The Balaban J connectivity index is 1.54. The second-order valence-corrected chi connectivity index (χ2v) is 8.30. The van der Waals surface area contributed by atoms with Gasteiger partial charge in [-0.2, -0.15) is 31.4 Å². The molecule has 1 aromatic carbocycles. The number of aromatic amines is 2. The Bertz CT molecular complexity index is 1590. The molecule has 3 N–H and O–H groups in total. The van der Waals surface area contributed by atoms with E-state index in [1.54, 1.807) is 11.2 Å². The highest BCUT2D eigenvalue weighted by atomic mass is 19.4. The highest BCUT2D eigenvalue weighted by Gasteiger charge is 2.48. The number of H-pyrrole nitrogens is 2. The summed E-state index contributed by atoms with van der Waals surface area (Å²) in [6.07, 6.45) is -6.67. The Morgan fingerprint density at radius 1 is 0.889 bits per heavy atom. The Morgan fingerprint density at radius 2 is 1.58 bits per heavy atom. The average molecular weight is 508 g/mol. The molecule has 0 aliphatic heterocycles. The van der Waals surface area contributed by atoms with Crippen molar-refractivity contribution in [1.82, 2.24) is 25.1 Å². The quantitative estimate of drug-likeness (QED) is 0.356. The summed E-state index contributed by atoms with van der Waals surface area (Å²) >= 11 is 0. The van der Waals surface area contributed by atoms with Gasteiger partial charge in [-0.15, -0.1) is 0 Å². The van der Waals surface area contributed by atoms with Crippen LogP contribution in [-0.4, -0.2) is 25.1 Å². The van der Waals surface area contributed by atoms with Gasteiger partial charge in [-0.25, -0.2) is 15.1 Å². The van der Waals surface area contributed by atoms with Crippen LogP contribution in [0.25, 0.3) is 22.2 Å².